The van der Waals surface area contributed by atoms with E-state index in [-0.39, 0.29) is 10.8 Å². The first kappa shape index (κ1) is 24.9. The molecule has 2 heterocycles. The molecule has 7 heteroatoms. The summed E-state index contributed by atoms with van der Waals surface area (Å²) in [4.78, 5) is 13.6. The standard InChI is InChI=1S/C32H35N3O3S/c36-32(33-25-12-14-26(15-13-25)39(37,38)35-17-5-2-6-18-35)24-11-16-28-27(20-24)29-22-9-10-23(19-22)30(29)31(34-28)21-7-3-1-4-8-21/h1,3-4,7-8,11-16,20,22-23,29-31,34H,2,5-6,9-10,17-19H2,(H,33,36)/t22-,23-,29-,30+,31+/m0/s1. The topological polar surface area (TPSA) is 78.5 Å². The third-order valence-electron chi connectivity index (χ3n) is 9.57. The van der Waals surface area contributed by atoms with Gasteiger partial charge in [-0.15, -0.1) is 0 Å². The number of hydrogen-bond donors (Lipinski definition) is 2. The molecule has 6 nitrogen and oxygen atoms in total. The molecule has 39 heavy (non-hydrogen) atoms. The molecular weight excluding hydrogens is 506 g/mol. The largest absolute Gasteiger partial charge is 0.378 e. The number of anilines is 2. The van der Waals surface area contributed by atoms with E-state index in [1.165, 1.54) is 30.4 Å². The third-order valence-corrected chi connectivity index (χ3v) is 11.5. The molecule has 3 aromatic carbocycles. The minimum atomic E-state index is -3.49. The van der Waals surface area contributed by atoms with Gasteiger partial charge in [0.2, 0.25) is 10.0 Å². The van der Waals surface area contributed by atoms with Crippen LogP contribution in [0.1, 0.15) is 72.0 Å². The second kappa shape index (κ2) is 9.79. The van der Waals surface area contributed by atoms with Crippen LogP contribution in [0.4, 0.5) is 11.4 Å². The third kappa shape index (κ3) is 4.36. The van der Waals surface area contributed by atoms with Crippen molar-refractivity contribution in [1.29, 1.82) is 0 Å². The molecule has 2 bridgehead atoms. The second-order valence-electron chi connectivity index (χ2n) is 11.7. The van der Waals surface area contributed by atoms with Crippen LogP contribution in [0, 0.1) is 17.8 Å². The quantitative estimate of drug-likeness (QED) is 0.391. The molecule has 1 saturated heterocycles. The van der Waals surface area contributed by atoms with Crippen molar-refractivity contribution in [2.75, 3.05) is 23.7 Å². The van der Waals surface area contributed by atoms with E-state index < -0.39 is 10.0 Å². The first-order valence-corrected chi connectivity index (χ1v) is 15.8. The summed E-state index contributed by atoms with van der Waals surface area (Å²) in [5, 5.41) is 6.82. The lowest BCUT2D eigenvalue weighted by Crippen LogP contribution is -2.35. The SMILES string of the molecule is O=C(Nc1ccc(S(=O)(=O)N2CCCCC2)cc1)c1ccc2c(c1)[C@@H]1[C@H]3CC[C@@H](C3)[C@H]1[C@@H](c1ccccc1)N2. The van der Waals surface area contributed by atoms with E-state index in [1.807, 2.05) is 6.07 Å². The molecule has 0 radical (unpaired) electrons. The van der Waals surface area contributed by atoms with Crippen molar-refractivity contribution in [2.24, 2.45) is 17.8 Å². The average molecular weight is 542 g/mol. The van der Waals surface area contributed by atoms with Gasteiger partial charge < -0.3 is 10.6 Å². The highest BCUT2D eigenvalue weighted by molar-refractivity contribution is 7.89. The summed E-state index contributed by atoms with van der Waals surface area (Å²) in [6, 6.07) is 23.7. The number of benzene rings is 3. The van der Waals surface area contributed by atoms with Crippen molar-refractivity contribution in [3.05, 3.63) is 89.5 Å². The molecule has 2 aliphatic heterocycles. The Hall–Kier alpha value is -3.16. The summed E-state index contributed by atoms with van der Waals surface area (Å²) in [6.45, 7) is 1.15. The van der Waals surface area contributed by atoms with E-state index in [4.69, 9.17) is 0 Å². The van der Waals surface area contributed by atoms with Gasteiger partial charge in [-0.05, 0) is 109 Å². The highest BCUT2D eigenvalue weighted by Gasteiger charge is 2.53. The van der Waals surface area contributed by atoms with Gasteiger partial charge >= 0.3 is 0 Å². The summed E-state index contributed by atoms with van der Waals surface area (Å²) in [6.07, 6.45) is 6.74. The van der Waals surface area contributed by atoms with Crippen molar-refractivity contribution < 1.29 is 13.2 Å². The number of piperidine rings is 1. The zero-order chi connectivity index (χ0) is 26.6. The lowest BCUT2D eigenvalue weighted by molar-refractivity contribution is 0.102. The van der Waals surface area contributed by atoms with Crippen LogP contribution in [0.15, 0.2) is 77.7 Å². The number of fused-ring (bicyclic) bond motifs is 7. The molecule has 202 valence electrons. The minimum Gasteiger partial charge on any atom is -0.378 e. The number of rotatable bonds is 5. The average Bonchev–Trinajstić information content (AvgIpc) is 3.61. The van der Waals surface area contributed by atoms with Crippen LogP contribution in [-0.2, 0) is 10.0 Å². The lowest BCUT2D eigenvalue weighted by Gasteiger charge is -2.43. The molecule has 0 spiro atoms. The van der Waals surface area contributed by atoms with Gasteiger partial charge in [0.05, 0.1) is 10.9 Å². The van der Waals surface area contributed by atoms with Gasteiger partial charge in [-0.2, -0.15) is 4.31 Å². The molecule has 5 atom stereocenters. The molecule has 7 rings (SSSR count). The van der Waals surface area contributed by atoms with E-state index in [1.54, 1.807) is 28.6 Å². The molecule has 0 aromatic heterocycles. The smallest absolute Gasteiger partial charge is 0.255 e. The summed E-state index contributed by atoms with van der Waals surface area (Å²) in [5.74, 6) is 2.25. The first-order chi connectivity index (χ1) is 19.0. The molecule has 1 amide bonds. The van der Waals surface area contributed by atoms with Crippen molar-refractivity contribution >= 4 is 27.3 Å². The van der Waals surface area contributed by atoms with Crippen LogP contribution in [-0.4, -0.2) is 31.7 Å². The maximum Gasteiger partial charge on any atom is 0.255 e. The number of hydrogen-bond acceptors (Lipinski definition) is 4. The highest BCUT2D eigenvalue weighted by Crippen LogP contribution is 2.63. The van der Waals surface area contributed by atoms with Gasteiger partial charge in [0.25, 0.3) is 5.91 Å². The van der Waals surface area contributed by atoms with Crippen LogP contribution in [0.3, 0.4) is 0 Å². The lowest BCUT2D eigenvalue weighted by atomic mass is 9.68. The highest BCUT2D eigenvalue weighted by atomic mass is 32.2. The Labute approximate surface area is 230 Å². The molecule has 4 aliphatic rings. The molecule has 2 N–H and O–H groups in total. The van der Waals surface area contributed by atoms with Gasteiger partial charge in [-0.25, -0.2) is 8.42 Å². The van der Waals surface area contributed by atoms with Crippen LogP contribution < -0.4 is 10.6 Å². The number of amides is 1. The predicted octanol–water partition coefficient (Wildman–Crippen LogP) is 6.41. The Morgan fingerprint density at radius 2 is 1.62 bits per heavy atom. The predicted molar refractivity (Wildman–Crippen MR) is 153 cm³/mol. The number of nitrogens with one attached hydrogen (secondary N) is 2. The summed E-state index contributed by atoms with van der Waals surface area (Å²) >= 11 is 0. The van der Waals surface area contributed by atoms with Crippen molar-refractivity contribution in [3.63, 3.8) is 0 Å². The first-order valence-electron chi connectivity index (χ1n) is 14.4. The van der Waals surface area contributed by atoms with E-state index >= 15 is 0 Å². The molecule has 2 saturated carbocycles. The summed E-state index contributed by atoms with van der Waals surface area (Å²) in [5.41, 5.74) is 4.99. The van der Waals surface area contributed by atoms with Crippen LogP contribution in [0.2, 0.25) is 0 Å². The fourth-order valence-electron chi connectivity index (χ4n) is 7.79. The van der Waals surface area contributed by atoms with E-state index in [0.717, 1.165) is 30.9 Å². The van der Waals surface area contributed by atoms with Gasteiger partial charge in [0.1, 0.15) is 0 Å². The zero-order valence-corrected chi connectivity index (χ0v) is 22.9. The van der Waals surface area contributed by atoms with Crippen LogP contribution >= 0.6 is 0 Å². The van der Waals surface area contributed by atoms with Gasteiger partial charge in [-0.1, -0.05) is 36.8 Å². The Balaban J connectivity index is 1.12. The van der Waals surface area contributed by atoms with Crippen molar-refractivity contribution in [2.45, 2.75) is 55.4 Å². The minimum absolute atomic E-state index is 0.172. The number of carbonyl (C=O) groups excluding carboxylic acids is 1. The number of nitrogens with zero attached hydrogens (tertiary/aromatic N) is 1. The normalized spacial score (nSPS) is 27.8. The molecular formula is C32H35N3O3S. The molecule has 3 fully saturated rings. The number of carbonyl (C=O) groups is 1. The van der Waals surface area contributed by atoms with Gasteiger partial charge in [-0.3, -0.25) is 4.79 Å². The molecule has 0 unspecified atom stereocenters. The van der Waals surface area contributed by atoms with E-state index in [9.17, 15) is 13.2 Å². The molecule has 3 aromatic rings. The Morgan fingerprint density at radius 3 is 2.38 bits per heavy atom. The second-order valence-corrected chi connectivity index (χ2v) is 13.7. The van der Waals surface area contributed by atoms with Crippen molar-refractivity contribution in [3.8, 4) is 0 Å². The van der Waals surface area contributed by atoms with Gasteiger partial charge in [0.15, 0.2) is 0 Å². The molecule has 2 aliphatic carbocycles. The maximum absolute atomic E-state index is 13.3. The Morgan fingerprint density at radius 1 is 0.872 bits per heavy atom. The fraction of sp³-hybridized carbons (Fsp3) is 0.406. The van der Waals surface area contributed by atoms with Crippen molar-refractivity contribution in [1.82, 2.24) is 4.31 Å². The Bertz CT molecular complexity index is 1480. The maximum atomic E-state index is 13.3. The number of sulfonamides is 1. The summed E-state index contributed by atoms with van der Waals surface area (Å²) < 4.78 is 27.5. The van der Waals surface area contributed by atoms with E-state index in [2.05, 4.69) is 53.1 Å². The fourth-order valence-corrected chi connectivity index (χ4v) is 9.30. The Kier molecular flexibility index (Phi) is 6.24. The van der Waals surface area contributed by atoms with Gasteiger partial charge in [0, 0.05) is 30.0 Å². The van der Waals surface area contributed by atoms with Crippen LogP contribution in [0.25, 0.3) is 0 Å². The van der Waals surface area contributed by atoms with Crippen LogP contribution in [0.5, 0.6) is 0 Å². The van der Waals surface area contributed by atoms with E-state index in [0.29, 0.717) is 48.1 Å². The summed E-state index contributed by atoms with van der Waals surface area (Å²) in [7, 11) is -3.49. The zero-order valence-electron chi connectivity index (χ0n) is 22.1. The monoisotopic (exact) mass is 541 g/mol.